The largest absolute Gasteiger partial charge is 0.392 e. The van der Waals surface area contributed by atoms with Gasteiger partial charge in [0.05, 0.1) is 11.5 Å². The molecule has 0 aromatic carbocycles. The fourth-order valence-electron chi connectivity index (χ4n) is 1.80. The molecule has 0 aromatic rings. The van der Waals surface area contributed by atoms with Crippen LogP contribution in [-0.2, 0) is 4.79 Å². The second-order valence-corrected chi connectivity index (χ2v) is 4.12. The van der Waals surface area contributed by atoms with E-state index < -0.39 is 0 Å². The highest BCUT2D eigenvalue weighted by atomic mass is 32.1. The summed E-state index contributed by atoms with van der Waals surface area (Å²) >= 11 is 4.77. The van der Waals surface area contributed by atoms with E-state index in [1.807, 2.05) is 0 Å². The molecule has 0 saturated carbocycles. The first-order valence-corrected chi connectivity index (χ1v) is 5.10. The van der Waals surface area contributed by atoms with Crippen molar-refractivity contribution < 1.29 is 4.79 Å². The zero-order valence-electron chi connectivity index (χ0n) is 7.95. The lowest BCUT2D eigenvalue weighted by Crippen LogP contribution is -2.33. The second kappa shape index (κ2) is 4.56. The fraction of sp³-hybridized carbons (Fsp3) is 0.778. The summed E-state index contributed by atoms with van der Waals surface area (Å²) in [4.78, 5) is 13.6. The van der Waals surface area contributed by atoms with Crippen molar-refractivity contribution >= 4 is 23.1 Å². The van der Waals surface area contributed by atoms with Crippen molar-refractivity contribution in [2.45, 2.75) is 26.2 Å². The Morgan fingerprint density at radius 2 is 2.46 bits per heavy atom. The first-order valence-electron chi connectivity index (χ1n) is 4.69. The van der Waals surface area contributed by atoms with Crippen LogP contribution < -0.4 is 5.73 Å². The monoisotopic (exact) mass is 200 g/mol. The topological polar surface area (TPSA) is 46.3 Å². The van der Waals surface area contributed by atoms with Crippen molar-refractivity contribution in [1.29, 1.82) is 0 Å². The maximum absolute atomic E-state index is 11.4. The SMILES string of the molecule is CCCC1CC(=O)N(CC(N)=S)C1. The van der Waals surface area contributed by atoms with Crippen molar-refractivity contribution in [2.24, 2.45) is 11.7 Å². The maximum atomic E-state index is 11.4. The molecule has 1 saturated heterocycles. The van der Waals surface area contributed by atoms with Crippen LogP contribution in [0.2, 0.25) is 0 Å². The summed E-state index contributed by atoms with van der Waals surface area (Å²) in [6.07, 6.45) is 2.94. The highest BCUT2D eigenvalue weighted by Crippen LogP contribution is 2.21. The molecule has 1 fully saturated rings. The Bertz CT molecular complexity index is 218. The molecule has 4 heteroatoms. The minimum atomic E-state index is 0.200. The molecule has 74 valence electrons. The lowest BCUT2D eigenvalue weighted by atomic mass is 10.0. The van der Waals surface area contributed by atoms with Gasteiger partial charge < -0.3 is 10.6 Å². The van der Waals surface area contributed by atoms with Crippen LogP contribution in [-0.4, -0.2) is 28.9 Å². The Kier molecular flexibility index (Phi) is 3.66. The normalized spacial score (nSPS) is 22.4. The molecule has 1 atom stereocenters. The number of amides is 1. The number of carbonyl (C=O) groups is 1. The van der Waals surface area contributed by atoms with Gasteiger partial charge in [-0.25, -0.2) is 0 Å². The Morgan fingerprint density at radius 1 is 1.77 bits per heavy atom. The van der Waals surface area contributed by atoms with Crippen molar-refractivity contribution in [3.8, 4) is 0 Å². The lowest BCUT2D eigenvalue weighted by Gasteiger charge is -2.14. The summed E-state index contributed by atoms with van der Waals surface area (Å²) in [5.41, 5.74) is 5.39. The Morgan fingerprint density at radius 3 is 3.00 bits per heavy atom. The van der Waals surface area contributed by atoms with Gasteiger partial charge in [0, 0.05) is 13.0 Å². The molecule has 0 aromatic heterocycles. The van der Waals surface area contributed by atoms with Gasteiger partial charge in [-0.05, 0) is 12.3 Å². The third kappa shape index (κ3) is 2.95. The average Bonchev–Trinajstić information content (AvgIpc) is 2.31. The van der Waals surface area contributed by atoms with E-state index in [1.54, 1.807) is 4.90 Å². The van der Waals surface area contributed by atoms with E-state index in [0.29, 0.717) is 23.9 Å². The minimum absolute atomic E-state index is 0.200. The standard InChI is InChI=1S/C9H16N2OS/c1-2-3-7-4-9(12)11(5-7)6-8(10)13/h7H,2-6H2,1H3,(H2,10,13). The molecule has 2 N–H and O–H groups in total. The molecule has 0 bridgehead atoms. The summed E-state index contributed by atoms with van der Waals surface area (Å²) in [6.45, 7) is 3.43. The molecule has 0 aliphatic carbocycles. The minimum Gasteiger partial charge on any atom is -0.392 e. The summed E-state index contributed by atoms with van der Waals surface area (Å²) in [6, 6.07) is 0. The van der Waals surface area contributed by atoms with Crippen LogP contribution in [0.15, 0.2) is 0 Å². The number of likely N-dealkylation sites (tertiary alicyclic amines) is 1. The zero-order valence-corrected chi connectivity index (χ0v) is 8.77. The Hall–Kier alpha value is -0.640. The van der Waals surface area contributed by atoms with Crippen LogP contribution in [0.5, 0.6) is 0 Å². The van der Waals surface area contributed by atoms with Crippen molar-refractivity contribution in [3.63, 3.8) is 0 Å². The van der Waals surface area contributed by atoms with E-state index in [-0.39, 0.29) is 5.91 Å². The number of nitrogens with two attached hydrogens (primary N) is 1. The van der Waals surface area contributed by atoms with Crippen LogP contribution in [0.1, 0.15) is 26.2 Å². The lowest BCUT2D eigenvalue weighted by molar-refractivity contribution is -0.127. The molecule has 0 spiro atoms. The number of rotatable bonds is 4. The first-order chi connectivity index (χ1) is 6.13. The average molecular weight is 200 g/mol. The number of hydrogen-bond donors (Lipinski definition) is 1. The molecular formula is C9H16N2OS. The molecule has 0 radical (unpaired) electrons. The summed E-state index contributed by atoms with van der Waals surface area (Å²) in [5, 5.41) is 0. The summed E-state index contributed by atoms with van der Waals surface area (Å²) in [5.74, 6) is 0.720. The van der Waals surface area contributed by atoms with Gasteiger partial charge in [0.2, 0.25) is 5.91 Å². The molecule has 1 aliphatic heterocycles. The predicted molar refractivity (Wildman–Crippen MR) is 56.4 cm³/mol. The molecule has 1 aliphatic rings. The van der Waals surface area contributed by atoms with E-state index in [2.05, 4.69) is 6.92 Å². The van der Waals surface area contributed by atoms with Gasteiger partial charge in [-0.15, -0.1) is 0 Å². The van der Waals surface area contributed by atoms with Crippen molar-refractivity contribution in [3.05, 3.63) is 0 Å². The summed E-state index contributed by atoms with van der Waals surface area (Å²) < 4.78 is 0. The molecule has 1 unspecified atom stereocenters. The highest BCUT2D eigenvalue weighted by molar-refractivity contribution is 7.80. The molecule has 3 nitrogen and oxygen atoms in total. The second-order valence-electron chi connectivity index (χ2n) is 3.60. The van der Waals surface area contributed by atoms with Crippen LogP contribution >= 0.6 is 12.2 Å². The van der Waals surface area contributed by atoms with Gasteiger partial charge in [-0.1, -0.05) is 25.6 Å². The van der Waals surface area contributed by atoms with E-state index in [9.17, 15) is 4.79 Å². The number of carbonyl (C=O) groups excluding carboxylic acids is 1. The summed E-state index contributed by atoms with van der Waals surface area (Å²) in [7, 11) is 0. The van der Waals surface area contributed by atoms with E-state index in [4.69, 9.17) is 18.0 Å². The molecule has 1 rings (SSSR count). The van der Waals surface area contributed by atoms with Gasteiger partial charge in [0.1, 0.15) is 0 Å². The van der Waals surface area contributed by atoms with Gasteiger partial charge in [-0.3, -0.25) is 4.79 Å². The van der Waals surface area contributed by atoms with Gasteiger partial charge in [0.25, 0.3) is 0 Å². The molecule has 13 heavy (non-hydrogen) atoms. The van der Waals surface area contributed by atoms with Gasteiger partial charge >= 0.3 is 0 Å². The Labute approximate surface area is 84.3 Å². The van der Waals surface area contributed by atoms with Crippen molar-refractivity contribution in [1.82, 2.24) is 4.90 Å². The Balaban J connectivity index is 2.41. The van der Waals surface area contributed by atoms with E-state index in [1.165, 1.54) is 0 Å². The maximum Gasteiger partial charge on any atom is 0.223 e. The van der Waals surface area contributed by atoms with Crippen LogP contribution in [0.4, 0.5) is 0 Å². The molecular weight excluding hydrogens is 184 g/mol. The van der Waals surface area contributed by atoms with Gasteiger partial charge in [0.15, 0.2) is 0 Å². The first kappa shape index (κ1) is 10.4. The number of hydrogen-bond acceptors (Lipinski definition) is 2. The van der Waals surface area contributed by atoms with Crippen LogP contribution in [0.25, 0.3) is 0 Å². The van der Waals surface area contributed by atoms with E-state index in [0.717, 1.165) is 19.4 Å². The van der Waals surface area contributed by atoms with Gasteiger partial charge in [-0.2, -0.15) is 0 Å². The number of thiocarbonyl (C=S) groups is 1. The predicted octanol–water partition coefficient (Wildman–Crippen LogP) is 0.921. The molecule has 1 heterocycles. The third-order valence-electron chi connectivity index (χ3n) is 2.34. The third-order valence-corrected chi connectivity index (χ3v) is 2.47. The molecule has 1 amide bonds. The quantitative estimate of drug-likeness (QED) is 0.686. The smallest absolute Gasteiger partial charge is 0.223 e. The van der Waals surface area contributed by atoms with E-state index >= 15 is 0 Å². The zero-order chi connectivity index (χ0) is 9.84. The number of nitrogens with zero attached hydrogens (tertiary/aromatic N) is 1. The van der Waals surface area contributed by atoms with Crippen molar-refractivity contribution in [2.75, 3.05) is 13.1 Å². The highest BCUT2D eigenvalue weighted by Gasteiger charge is 2.28. The fourth-order valence-corrected chi connectivity index (χ4v) is 1.95. The van der Waals surface area contributed by atoms with Crippen LogP contribution in [0.3, 0.4) is 0 Å². The van der Waals surface area contributed by atoms with Crippen LogP contribution in [0, 0.1) is 5.92 Å².